The van der Waals surface area contributed by atoms with E-state index in [2.05, 4.69) is 25.7 Å². The van der Waals surface area contributed by atoms with Gasteiger partial charge in [-0.2, -0.15) is 0 Å². The number of hydrogen-bond acceptors (Lipinski definition) is 2. The third kappa shape index (κ3) is 4.56. The van der Waals surface area contributed by atoms with Gasteiger partial charge in [0, 0.05) is 18.1 Å². The predicted octanol–water partition coefficient (Wildman–Crippen LogP) is 3.29. The van der Waals surface area contributed by atoms with Crippen molar-refractivity contribution in [3.8, 4) is 0 Å². The SMILES string of the molecule is CCN(Cc1cc(F)ccc1Cl)CC(C)(C)CN. The molecule has 1 aromatic carbocycles. The van der Waals surface area contributed by atoms with Gasteiger partial charge in [0.1, 0.15) is 5.82 Å². The molecule has 0 fully saturated rings. The first-order chi connectivity index (χ1) is 8.38. The summed E-state index contributed by atoms with van der Waals surface area (Å²) in [5.41, 5.74) is 6.62. The average molecular weight is 273 g/mol. The zero-order valence-corrected chi connectivity index (χ0v) is 12.1. The molecule has 4 heteroatoms. The van der Waals surface area contributed by atoms with Crippen LogP contribution in [0.3, 0.4) is 0 Å². The molecule has 0 aliphatic rings. The van der Waals surface area contributed by atoms with Gasteiger partial charge in [-0.1, -0.05) is 32.4 Å². The maximum atomic E-state index is 13.2. The van der Waals surface area contributed by atoms with Gasteiger partial charge in [-0.15, -0.1) is 0 Å². The van der Waals surface area contributed by atoms with E-state index in [1.807, 2.05) is 0 Å². The van der Waals surface area contributed by atoms with Gasteiger partial charge in [0.05, 0.1) is 0 Å². The summed E-state index contributed by atoms with van der Waals surface area (Å²) in [6.45, 7) is 9.37. The molecule has 2 N–H and O–H groups in total. The summed E-state index contributed by atoms with van der Waals surface area (Å²) in [5.74, 6) is -0.247. The van der Waals surface area contributed by atoms with Gasteiger partial charge in [0.25, 0.3) is 0 Å². The van der Waals surface area contributed by atoms with Crippen LogP contribution in [0.1, 0.15) is 26.3 Å². The molecule has 0 unspecified atom stereocenters. The summed E-state index contributed by atoms with van der Waals surface area (Å²) in [4.78, 5) is 2.23. The standard InChI is InChI=1S/C14H22ClFN2/c1-4-18(10-14(2,3)9-17)8-11-7-12(16)5-6-13(11)15/h5-7H,4,8-10,17H2,1-3H3. The Labute approximate surface area is 114 Å². The van der Waals surface area contributed by atoms with Crippen molar-refractivity contribution in [1.29, 1.82) is 0 Å². The molecule has 0 aliphatic heterocycles. The van der Waals surface area contributed by atoms with E-state index in [4.69, 9.17) is 17.3 Å². The van der Waals surface area contributed by atoms with Gasteiger partial charge in [0.15, 0.2) is 0 Å². The Balaban J connectivity index is 2.77. The summed E-state index contributed by atoms with van der Waals surface area (Å²) >= 11 is 6.08. The molecular formula is C14H22ClFN2. The fourth-order valence-corrected chi connectivity index (χ4v) is 2.03. The molecule has 0 saturated carbocycles. The van der Waals surface area contributed by atoms with Crippen LogP contribution >= 0.6 is 11.6 Å². The highest BCUT2D eigenvalue weighted by molar-refractivity contribution is 6.31. The van der Waals surface area contributed by atoms with E-state index in [0.29, 0.717) is 18.1 Å². The molecule has 0 saturated heterocycles. The van der Waals surface area contributed by atoms with Gasteiger partial charge in [-0.05, 0) is 42.3 Å². The summed E-state index contributed by atoms with van der Waals surface area (Å²) in [5, 5.41) is 0.611. The van der Waals surface area contributed by atoms with E-state index < -0.39 is 0 Å². The zero-order valence-electron chi connectivity index (χ0n) is 11.3. The Morgan fingerprint density at radius 3 is 2.61 bits per heavy atom. The molecule has 1 aromatic rings. The molecule has 0 heterocycles. The van der Waals surface area contributed by atoms with Crippen LogP contribution in [-0.4, -0.2) is 24.5 Å². The van der Waals surface area contributed by atoms with E-state index >= 15 is 0 Å². The van der Waals surface area contributed by atoms with Crippen LogP contribution in [0.4, 0.5) is 4.39 Å². The van der Waals surface area contributed by atoms with Crippen molar-refractivity contribution in [2.75, 3.05) is 19.6 Å². The van der Waals surface area contributed by atoms with Crippen molar-refractivity contribution >= 4 is 11.6 Å². The first-order valence-corrected chi connectivity index (χ1v) is 6.62. The molecule has 102 valence electrons. The van der Waals surface area contributed by atoms with Crippen molar-refractivity contribution in [3.05, 3.63) is 34.6 Å². The minimum atomic E-state index is -0.247. The van der Waals surface area contributed by atoms with Gasteiger partial charge in [0.2, 0.25) is 0 Å². The highest BCUT2D eigenvalue weighted by Gasteiger charge is 2.20. The Kier molecular flexibility index (Phi) is 5.57. The largest absolute Gasteiger partial charge is 0.330 e. The maximum absolute atomic E-state index is 13.2. The first kappa shape index (κ1) is 15.4. The highest BCUT2D eigenvalue weighted by atomic mass is 35.5. The number of hydrogen-bond donors (Lipinski definition) is 1. The quantitative estimate of drug-likeness (QED) is 0.861. The fourth-order valence-electron chi connectivity index (χ4n) is 1.85. The van der Waals surface area contributed by atoms with Crippen LogP contribution in [0.15, 0.2) is 18.2 Å². The minimum Gasteiger partial charge on any atom is -0.330 e. The molecule has 0 amide bonds. The lowest BCUT2D eigenvalue weighted by Crippen LogP contribution is -2.38. The summed E-state index contributed by atoms with van der Waals surface area (Å²) in [7, 11) is 0. The lowest BCUT2D eigenvalue weighted by atomic mass is 9.93. The van der Waals surface area contributed by atoms with Crippen molar-refractivity contribution in [3.63, 3.8) is 0 Å². The topological polar surface area (TPSA) is 29.3 Å². The smallest absolute Gasteiger partial charge is 0.123 e. The van der Waals surface area contributed by atoms with E-state index in [0.717, 1.165) is 18.7 Å². The van der Waals surface area contributed by atoms with Gasteiger partial charge in [-0.25, -0.2) is 4.39 Å². The second kappa shape index (κ2) is 6.50. The third-order valence-electron chi connectivity index (χ3n) is 3.05. The Morgan fingerprint density at radius 1 is 1.39 bits per heavy atom. The summed E-state index contributed by atoms with van der Waals surface area (Å²) < 4.78 is 13.2. The van der Waals surface area contributed by atoms with Gasteiger partial charge < -0.3 is 5.73 Å². The molecule has 18 heavy (non-hydrogen) atoms. The van der Waals surface area contributed by atoms with E-state index in [1.54, 1.807) is 6.07 Å². The van der Waals surface area contributed by atoms with Crippen LogP contribution in [0, 0.1) is 11.2 Å². The van der Waals surface area contributed by atoms with Crippen LogP contribution in [0.25, 0.3) is 0 Å². The Bertz CT molecular complexity index is 393. The molecule has 0 spiro atoms. The summed E-state index contributed by atoms with van der Waals surface area (Å²) in [6, 6.07) is 4.49. The van der Waals surface area contributed by atoms with Crippen LogP contribution < -0.4 is 5.73 Å². The van der Waals surface area contributed by atoms with Crippen LogP contribution in [0.2, 0.25) is 5.02 Å². The van der Waals surface area contributed by atoms with Crippen molar-refractivity contribution in [2.24, 2.45) is 11.1 Å². The number of halogens is 2. The molecule has 1 rings (SSSR count). The molecular weight excluding hydrogens is 251 g/mol. The van der Waals surface area contributed by atoms with E-state index in [1.165, 1.54) is 12.1 Å². The van der Waals surface area contributed by atoms with Gasteiger partial charge >= 0.3 is 0 Å². The van der Waals surface area contributed by atoms with E-state index in [9.17, 15) is 4.39 Å². The number of rotatable bonds is 6. The van der Waals surface area contributed by atoms with Crippen LogP contribution in [0.5, 0.6) is 0 Å². The maximum Gasteiger partial charge on any atom is 0.123 e. The molecule has 0 aliphatic carbocycles. The molecule has 0 atom stereocenters. The van der Waals surface area contributed by atoms with Crippen molar-refractivity contribution in [1.82, 2.24) is 4.90 Å². The first-order valence-electron chi connectivity index (χ1n) is 6.24. The number of nitrogens with zero attached hydrogens (tertiary/aromatic N) is 1. The summed E-state index contributed by atoms with van der Waals surface area (Å²) in [6.07, 6.45) is 0. The fraction of sp³-hybridized carbons (Fsp3) is 0.571. The molecule has 0 radical (unpaired) electrons. The second-order valence-corrected chi connectivity index (χ2v) is 5.81. The lowest BCUT2D eigenvalue weighted by Gasteiger charge is -2.31. The van der Waals surface area contributed by atoms with Crippen molar-refractivity contribution < 1.29 is 4.39 Å². The highest BCUT2D eigenvalue weighted by Crippen LogP contribution is 2.21. The Morgan fingerprint density at radius 2 is 2.06 bits per heavy atom. The lowest BCUT2D eigenvalue weighted by molar-refractivity contribution is 0.183. The molecule has 0 aromatic heterocycles. The average Bonchev–Trinajstić information content (AvgIpc) is 2.32. The zero-order chi connectivity index (χ0) is 13.8. The second-order valence-electron chi connectivity index (χ2n) is 5.41. The predicted molar refractivity (Wildman–Crippen MR) is 75.2 cm³/mol. The molecule has 0 bridgehead atoms. The molecule has 2 nitrogen and oxygen atoms in total. The third-order valence-corrected chi connectivity index (χ3v) is 3.42. The normalized spacial score (nSPS) is 12.2. The van der Waals surface area contributed by atoms with Crippen LogP contribution in [-0.2, 0) is 6.54 Å². The van der Waals surface area contributed by atoms with Gasteiger partial charge in [-0.3, -0.25) is 4.90 Å². The monoisotopic (exact) mass is 272 g/mol. The number of benzene rings is 1. The number of nitrogens with two attached hydrogens (primary N) is 1. The minimum absolute atomic E-state index is 0.0514. The van der Waals surface area contributed by atoms with E-state index in [-0.39, 0.29) is 11.2 Å². The van der Waals surface area contributed by atoms with Crippen molar-refractivity contribution in [2.45, 2.75) is 27.3 Å². The Hall–Kier alpha value is -0.640.